The van der Waals surface area contributed by atoms with E-state index >= 15 is 0 Å². The molecule has 3 N–H and O–H groups in total. The molecule has 1 aliphatic rings. The van der Waals surface area contributed by atoms with Crippen LogP contribution in [0.4, 0.5) is 0 Å². The Morgan fingerprint density at radius 2 is 1.76 bits per heavy atom. The summed E-state index contributed by atoms with van der Waals surface area (Å²) in [5.41, 5.74) is 7.38. The summed E-state index contributed by atoms with van der Waals surface area (Å²) in [6, 6.07) is 16.3. The molecule has 1 fully saturated rings. The molecule has 3 aromatic rings. The van der Waals surface area contributed by atoms with E-state index in [1.807, 2.05) is 12.1 Å². The van der Waals surface area contributed by atoms with Crippen molar-refractivity contribution in [1.29, 1.82) is 0 Å². The number of nitrogens with zero attached hydrogens (tertiary/aromatic N) is 1. The smallest absolute Gasteiger partial charge is 0.250 e. The normalized spacial score (nSPS) is 18.3. The van der Waals surface area contributed by atoms with Gasteiger partial charge in [-0.2, -0.15) is 0 Å². The van der Waals surface area contributed by atoms with Crippen LogP contribution in [0, 0.1) is 11.3 Å². The molecule has 2 aromatic carbocycles. The Hall–Kier alpha value is -2.63. The third-order valence-electron chi connectivity index (χ3n) is 7.53. The highest BCUT2D eigenvalue weighted by molar-refractivity contribution is 5.92. The van der Waals surface area contributed by atoms with Crippen molar-refractivity contribution < 1.29 is 9.53 Å². The maximum absolute atomic E-state index is 11.3. The molecule has 1 aliphatic carbocycles. The van der Waals surface area contributed by atoms with Gasteiger partial charge in [-0.05, 0) is 60.1 Å². The van der Waals surface area contributed by atoms with Crippen molar-refractivity contribution in [3.8, 4) is 11.6 Å². The van der Waals surface area contributed by atoms with Gasteiger partial charge in [-0.1, -0.05) is 57.5 Å². The molecule has 0 saturated heterocycles. The summed E-state index contributed by atoms with van der Waals surface area (Å²) < 4.78 is 6.05. The van der Waals surface area contributed by atoms with Gasteiger partial charge in [0.1, 0.15) is 5.75 Å². The first-order chi connectivity index (χ1) is 15.9. The number of ether oxygens (including phenoxy) is 1. The van der Waals surface area contributed by atoms with Crippen molar-refractivity contribution in [1.82, 2.24) is 10.3 Å². The largest absolute Gasteiger partial charge is 0.438 e. The first-order valence-electron chi connectivity index (χ1n) is 12.0. The summed E-state index contributed by atoms with van der Waals surface area (Å²) in [5, 5.41) is 6.03. The Labute approximate surface area is 208 Å². The van der Waals surface area contributed by atoms with Gasteiger partial charge in [-0.25, -0.2) is 4.98 Å². The zero-order chi connectivity index (χ0) is 23.4. The Bertz CT molecular complexity index is 1110. The van der Waals surface area contributed by atoms with Crippen LogP contribution < -0.4 is 15.8 Å². The second-order valence-corrected chi connectivity index (χ2v) is 9.89. The number of nitrogens with two attached hydrogens (primary N) is 1. The van der Waals surface area contributed by atoms with Crippen LogP contribution in [-0.4, -0.2) is 16.9 Å². The van der Waals surface area contributed by atoms with Crippen LogP contribution in [0.5, 0.6) is 11.6 Å². The third-order valence-corrected chi connectivity index (χ3v) is 7.53. The minimum Gasteiger partial charge on any atom is -0.438 e. The molecule has 0 unspecified atom stereocenters. The molecule has 1 saturated carbocycles. The van der Waals surface area contributed by atoms with Crippen molar-refractivity contribution in [3.63, 3.8) is 0 Å². The van der Waals surface area contributed by atoms with Crippen molar-refractivity contribution >= 4 is 29.1 Å². The number of aromatic nitrogens is 1. The predicted molar refractivity (Wildman–Crippen MR) is 141 cm³/mol. The highest BCUT2D eigenvalue weighted by Crippen LogP contribution is 2.40. The molecule has 0 radical (unpaired) electrons. The van der Waals surface area contributed by atoms with E-state index in [1.54, 1.807) is 12.1 Å². The number of primary amides is 1. The number of halogens is 1. The molecular weight excluding hydrogens is 446 g/mol. The molecule has 1 aromatic heterocycles. The van der Waals surface area contributed by atoms with E-state index in [0.29, 0.717) is 22.9 Å². The lowest BCUT2D eigenvalue weighted by atomic mass is 9.69. The molecule has 0 spiro atoms. The number of fused-ring (bicyclic) bond motifs is 1. The lowest BCUT2D eigenvalue weighted by Gasteiger charge is -2.39. The topological polar surface area (TPSA) is 77.2 Å². The van der Waals surface area contributed by atoms with Gasteiger partial charge in [0.2, 0.25) is 11.8 Å². The second kappa shape index (κ2) is 11.2. The van der Waals surface area contributed by atoms with Crippen LogP contribution in [0.2, 0.25) is 0 Å². The zero-order valence-electron chi connectivity index (χ0n) is 20.3. The number of nitrogens with one attached hydrogen (secondary N) is 1. The molecular formula is C28H36ClN3O2. The van der Waals surface area contributed by atoms with Gasteiger partial charge in [-0.3, -0.25) is 4.79 Å². The van der Waals surface area contributed by atoms with Crippen LogP contribution in [0.25, 0.3) is 10.8 Å². The van der Waals surface area contributed by atoms with Crippen molar-refractivity contribution in [2.45, 2.75) is 65.5 Å². The first-order valence-corrected chi connectivity index (χ1v) is 12.0. The third kappa shape index (κ3) is 5.89. The van der Waals surface area contributed by atoms with Crippen LogP contribution >= 0.6 is 12.4 Å². The number of rotatable bonds is 8. The quantitative estimate of drug-likeness (QED) is 0.378. The van der Waals surface area contributed by atoms with Gasteiger partial charge < -0.3 is 15.8 Å². The first kappa shape index (κ1) is 26.0. The van der Waals surface area contributed by atoms with E-state index in [-0.39, 0.29) is 12.4 Å². The molecule has 6 heteroatoms. The van der Waals surface area contributed by atoms with Gasteiger partial charge in [0.15, 0.2) is 0 Å². The fourth-order valence-corrected chi connectivity index (χ4v) is 4.90. The monoisotopic (exact) mass is 481 g/mol. The molecule has 5 nitrogen and oxygen atoms in total. The zero-order valence-corrected chi connectivity index (χ0v) is 21.2. The lowest BCUT2D eigenvalue weighted by molar-refractivity contribution is 0.1000. The fraction of sp³-hybridized carbons (Fsp3) is 0.429. The Kier molecular flexibility index (Phi) is 8.56. The van der Waals surface area contributed by atoms with E-state index in [1.165, 1.54) is 49.3 Å². The van der Waals surface area contributed by atoms with E-state index in [2.05, 4.69) is 55.3 Å². The van der Waals surface area contributed by atoms with Gasteiger partial charge in [0.05, 0.1) is 5.56 Å². The number of benzene rings is 2. The van der Waals surface area contributed by atoms with E-state index in [9.17, 15) is 4.79 Å². The second-order valence-electron chi connectivity index (χ2n) is 9.89. The maximum atomic E-state index is 11.3. The van der Waals surface area contributed by atoms with Crippen molar-refractivity contribution in [3.05, 3.63) is 65.9 Å². The van der Waals surface area contributed by atoms with Crippen LogP contribution in [0.15, 0.2) is 54.7 Å². The molecule has 4 rings (SSSR count). The standard InChI is InChI=1S/C28H35N3O2.ClH/c1-4-28(2,3)21-11-13-22(14-12-21)30-17-19-9-15-25(24-8-6-5-7-23(19)24)33-26-16-10-20(18-31-26)27(29)32;/h5-10,15-16,18,21-22,30H,4,11-14,17H2,1-3H3,(H2,29,32);1H. The van der Waals surface area contributed by atoms with Crippen molar-refractivity contribution in [2.75, 3.05) is 0 Å². The lowest BCUT2D eigenvalue weighted by Crippen LogP contribution is -2.36. The highest BCUT2D eigenvalue weighted by Gasteiger charge is 2.31. The average Bonchev–Trinajstić information content (AvgIpc) is 2.84. The van der Waals surface area contributed by atoms with Crippen LogP contribution in [-0.2, 0) is 6.54 Å². The summed E-state index contributed by atoms with van der Waals surface area (Å²) in [5.74, 6) is 1.51. The summed E-state index contributed by atoms with van der Waals surface area (Å²) in [4.78, 5) is 15.5. The summed E-state index contributed by atoms with van der Waals surface area (Å²) in [7, 11) is 0. The van der Waals surface area contributed by atoms with Gasteiger partial charge >= 0.3 is 0 Å². The molecule has 0 aliphatic heterocycles. The number of carbonyl (C=O) groups excluding carboxylic acids is 1. The van der Waals surface area contributed by atoms with Gasteiger partial charge in [0.25, 0.3) is 0 Å². The SMILES string of the molecule is CCC(C)(C)C1CCC(NCc2ccc(Oc3ccc(C(N)=O)cn3)c3ccccc23)CC1.Cl. The Morgan fingerprint density at radius 1 is 1.06 bits per heavy atom. The summed E-state index contributed by atoms with van der Waals surface area (Å²) in [6.45, 7) is 8.00. The predicted octanol–water partition coefficient (Wildman–Crippen LogP) is 6.63. The highest BCUT2D eigenvalue weighted by atomic mass is 35.5. The molecule has 0 bridgehead atoms. The van der Waals surface area contributed by atoms with Gasteiger partial charge in [-0.15, -0.1) is 12.4 Å². The molecule has 0 atom stereocenters. The minimum absolute atomic E-state index is 0. The number of carbonyl (C=O) groups is 1. The Morgan fingerprint density at radius 3 is 2.38 bits per heavy atom. The fourth-order valence-electron chi connectivity index (χ4n) is 4.90. The average molecular weight is 482 g/mol. The minimum atomic E-state index is -0.501. The molecule has 182 valence electrons. The Balaban J connectivity index is 0.00000324. The van der Waals surface area contributed by atoms with E-state index < -0.39 is 5.91 Å². The number of pyridine rings is 1. The maximum Gasteiger partial charge on any atom is 0.250 e. The van der Waals surface area contributed by atoms with E-state index in [0.717, 1.165) is 23.6 Å². The van der Waals surface area contributed by atoms with Crippen LogP contribution in [0.3, 0.4) is 0 Å². The summed E-state index contributed by atoms with van der Waals surface area (Å²) in [6.07, 6.45) is 7.82. The number of hydrogen-bond acceptors (Lipinski definition) is 4. The van der Waals surface area contributed by atoms with E-state index in [4.69, 9.17) is 10.5 Å². The van der Waals surface area contributed by atoms with Crippen LogP contribution in [0.1, 0.15) is 68.8 Å². The molecule has 1 amide bonds. The van der Waals surface area contributed by atoms with Crippen molar-refractivity contribution in [2.24, 2.45) is 17.1 Å². The van der Waals surface area contributed by atoms with Gasteiger partial charge in [0, 0.05) is 30.2 Å². The molecule has 34 heavy (non-hydrogen) atoms. The number of amides is 1. The summed E-state index contributed by atoms with van der Waals surface area (Å²) >= 11 is 0. The molecule has 1 heterocycles. The number of hydrogen-bond donors (Lipinski definition) is 2.